The summed E-state index contributed by atoms with van der Waals surface area (Å²) >= 11 is 0. The van der Waals surface area contributed by atoms with Gasteiger partial charge in [-0.2, -0.15) is 0 Å². The molecule has 190 valence electrons. The molecule has 12 heteroatoms. The van der Waals surface area contributed by atoms with Crippen LogP contribution in [0.3, 0.4) is 0 Å². The number of aliphatic hydroxyl groups excluding tert-OH is 1. The lowest BCUT2D eigenvalue weighted by molar-refractivity contribution is 0.171. The number of aliphatic hydroxyl groups is 1. The highest BCUT2D eigenvalue weighted by atomic mass is 32.2. The second-order valence-electron chi connectivity index (χ2n) is 8.16. The van der Waals surface area contributed by atoms with Gasteiger partial charge in [0.05, 0.1) is 19.9 Å². The van der Waals surface area contributed by atoms with Crippen molar-refractivity contribution in [1.82, 2.24) is 19.7 Å². The lowest BCUT2D eigenvalue weighted by Gasteiger charge is -2.21. The molecule has 0 saturated heterocycles. The summed E-state index contributed by atoms with van der Waals surface area (Å²) in [5, 5.41) is 17.8. The van der Waals surface area contributed by atoms with E-state index < -0.39 is 21.4 Å². The maximum absolute atomic E-state index is 13.4. The average molecular weight is 514 g/mol. The molecular weight excluding hydrogens is 486 g/mol. The van der Waals surface area contributed by atoms with Gasteiger partial charge >= 0.3 is 0 Å². The summed E-state index contributed by atoms with van der Waals surface area (Å²) in [4.78, 5) is 4.16. The van der Waals surface area contributed by atoms with E-state index in [0.717, 1.165) is 5.56 Å². The second kappa shape index (κ2) is 9.99. The third-order valence-electron chi connectivity index (χ3n) is 5.65. The Kier molecular flexibility index (Phi) is 7.00. The van der Waals surface area contributed by atoms with Gasteiger partial charge in [-0.3, -0.25) is 14.3 Å². The van der Waals surface area contributed by atoms with Gasteiger partial charge in [-0.15, -0.1) is 10.2 Å². The second-order valence-corrected chi connectivity index (χ2v) is 10.2. The molecule has 1 aromatic carbocycles. The smallest absolute Gasteiger partial charge is 0.243 e. The van der Waals surface area contributed by atoms with Crippen LogP contribution in [0.25, 0.3) is 17.3 Å². The normalized spacial score (nSPS) is 13.3. The number of hydrogen-bond acceptors (Lipinski definition) is 9. The Balaban J connectivity index is 1.81. The van der Waals surface area contributed by atoms with Crippen LogP contribution in [0.2, 0.25) is 0 Å². The number of nitrogens with one attached hydrogen (secondary N) is 1. The Labute approximate surface area is 208 Å². The summed E-state index contributed by atoms with van der Waals surface area (Å²) in [5.74, 6) is 1.84. The summed E-state index contributed by atoms with van der Waals surface area (Å²) in [5.41, 5.74) is 1.49. The van der Waals surface area contributed by atoms with E-state index in [2.05, 4.69) is 19.9 Å². The zero-order chi connectivity index (χ0) is 26.0. The molecule has 0 unspecified atom stereocenters. The lowest BCUT2D eigenvalue weighted by atomic mass is 10.1. The SMILES string of the molecule is COc1cccc(OC)c1-n1c(NS(=O)(=O)[C@H](C)[C@@H](O)c2ccc(C)cn2)nnc1-c1ccc(C)o1. The van der Waals surface area contributed by atoms with Gasteiger partial charge in [0.1, 0.15) is 34.3 Å². The van der Waals surface area contributed by atoms with Gasteiger partial charge in [0.25, 0.3) is 0 Å². The maximum Gasteiger partial charge on any atom is 0.243 e. The molecule has 0 aliphatic carbocycles. The number of ether oxygens (including phenoxy) is 2. The zero-order valence-electron chi connectivity index (χ0n) is 20.5. The Morgan fingerprint density at radius 3 is 2.28 bits per heavy atom. The van der Waals surface area contributed by atoms with E-state index in [1.807, 2.05) is 6.92 Å². The molecule has 3 heterocycles. The van der Waals surface area contributed by atoms with Gasteiger partial charge in [-0.25, -0.2) is 8.42 Å². The van der Waals surface area contributed by atoms with Crippen LogP contribution in [-0.4, -0.2) is 52.7 Å². The van der Waals surface area contributed by atoms with Crippen molar-refractivity contribution in [2.45, 2.75) is 32.1 Å². The van der Waals surface area contributed by atoms with Crippen LogP contribution < -0.4 is 14.2 Å². The van der Waals surface area contributed by atoms with E-state index in [9.17, 15) is 13.5 Å². The number of aryl methyl sites for hydroxylation is 2. The number of nitrogens with zero attached hydrogens (tertiary/aromatic N) is 4. The largest absolute Gasteiger partial charge is 0.494 e. The predicted octanol–water partition coefficient (Wildman–Crippen LogP) is 3.42. The number of rotatable bonds is 9. The summed E-state index contributed by atoms with van der Waals surface area (Å²) in [6, 6.07) is 11.9. The van der Waals surface area contributed by atoms with Crippen LogP contribution in [0, 0.1) is 13.8 Å². The van der Waals surface area contributed by atoms with Crippen LogP contribution in [0.4, 0.5) is 5.95 Å². The molecule has 4 rings (SSSR count). The number of para-hydroxylation sites is 1. The fourth-order valence-corrected chi connectivity index (χ4v) is 4.66. The Bertz CT molecular complexity index is 1440. The molecule has 0 bridgehead atoms. The Morgan fingerprint density at radius 1 is 1.03 bits per heavy atom. The van der Waals surface area contributed by atoms with Crippen molar-refractivity contribution in [3.05, 3.63) is 65.7 Å². The molecule has 0 aliphatic heterocycles. The predicted molar refractivity (Wildman–Crippen MR) is 133 cm³/mol. The number of methoxy groups -OCH3 is 2. The van der Waals surface area contributed by atoms with Crippen molar-refractivity contribution in [1.29, 1.82) is 0 Å². The van der Waals surface area contributed by atoms with Gasteiger partial charge in [-0.05, 0) is 56.7 Å². The molecule has 0 amide bonds. The first kappa shape index (κ1) is 25.2. The van der Waals surface area contributed by atoms with E-state index in [0.29, 0.717) is 28.7 Å². The molecular formula is C24H27N5O6S. The van der Waals surface area contributed by atoms with Crippen molar-refractivity contribution in [2.75, 3.05) is 18.9 Å². The number of pyridine rings is 1. The zero-order valence-corrected chi connectivity index (χ0v) is 21.3. The number of anilines is 1. The monoisotopic (exact) mass is 513 g/mol. The lowest BCUT2D eigenvalue weighted by Crippen LogP contribution is -2.32. The molecule has 4 aromatic rings. The third kappa shape index (κ3) is 4.77. The topological polar surface area (TPSA) is 142 Å². The first-order valence-electron chi connectivity index (χ1n) is 11.0. The number of aromatic nitrogens is 4. The quantitative estimate of drug-likeness (QED) is 0.344. The first-order valence-corrected chi connectivity index (χ1v) is 12.6. The Hall–Kier alpha value is -3.90. The third-order valence-corrected chi connectivity index (χ3v) is 7.36. The molecule has 0 aliphatic rings. The minimum Gasteiger partial charge on any atom is -0.494 e. The van der Waals surface area contributed by atoms with Crippen LogP contribution in [-0.2, 0) is 10.0 Å². The molecule has 11 nitrogen and oxygen atoms in total. The molecule has 0 saturated carbocycles. The van der Waals surface area contributed by atoms with Crippen LogP contribution in [0.5, 0.6) is 11.5 Å². The summed E-state index contributed by atoms with van der Waals surface area (Å²) in [6.45, 7) is 5.01. The van der Waals surface area contributed by atoms with Crippen LogP contribution in [0.1, 0.15) is 30.0 Å². The van der Waals surface area contributed by atoms with Gasteiger partial charge < -0.3 is 19.0 Å². The molecule has 3 aromatic heterocycles. The van der Waals surface area contributed by atoms with Crippen LogP contribution in [0.15, 0.2) is 53.1 Å². The van der Waals surface area contributed by atoms with E-state index in [1.165, 1.54) is 25.7 Å². The van der Waals surface area contributed by atoms with Gasteiger partial charge in [-0.1, -0.05) is 12.1 Å². The highest BCUT2D eigenvalue weighted by molar-refractivity contribution is 7.93. The standard InChI is InChI=1S/C24H27N5O6S/c1-14-9-11-17(25-13-14)22(30)16(3)36(31,32)28-24-27-26-23(20-12-10-15(2)35-20)29(24)21-18(33-4)7-6-8-19(21)34-5/h6-13,16,22,30H,1-5H3,(H,27,28)/t16-,22-/m1/s1. The Morgan fingerprint density at radius 2 is 1.72 bits per heavy atom. The number of benzene rings is 1. The maximum atomic E-state index is 13.4. The summed E-state index contributed by atoms with van der Waals surface area (Å²) in [6.07, 6.45) is 0.181. The van der Waals surface area contributed by atoms with Crippen molar-refractivity contribution in [2.24, 2.45) is 0 Å². The fraction of sp³-hybridized carbons (Fsp3) is 0.292. The summed E-state index contributed by atoms with van der Waals surface area (Å²) in [7, 11) is -1.22. The number of sulfonamides is 1. The van der Waals surface area contributed by atoms with E-state index >= 15 is 0 Å². The molecule has 0 radical (unpaired) electrons. The number of hydrogen-bond donors (Lipinski definition) is 2. The highest BCUT2D eigenvalue weighted by Gasteiger charge is 2.33. The van der Waals surface area contributed by atoms with E-state index in [4.69, 9.17) is 13.9 Å². The number of furan rings is 1. The molecule has 36 heavy (non-hydrogen) atoms. The molecule has 2 N–H and O–H groups in total. The minimum absolute atomic E-state index is 0.141. The molecule has 0 spiro atoms. The highest BCUT2D eigenvalue weighted by Crippen LogP contribution is 2.38. The molecule has 0 fully saturated rings. The van der Waals surface area contributed by atoms with Gasteiger partial charge in [0.2, 0.25) is 21.8 Å². The minimum atomic E-state index is -4.18. The average Bonchev–Trinajstić information content (AvgIpc) is 3.48. The van der Waals surface area contributed by atoms with Crippen molar-refractivity contribution >= 4 is 16.0 Å². The van der Waals surface area contributed by atoms with E-state index in [1.54, 1.807) is 55.6 Å². The fourth-order valence-electron chi connectivity index (χ4n) is 3.61. The van der Waals surface area contributed by atoms with Crippen LogP contribution >= 0.6 is 0 Å². The summed E-state index contributed by atoms with van der Waals surface area (Å²) < 4.78 is 47.4. The molecule has 2 atom stereocenters. The van der Waals surface area contributed by atoms with Crippen molar-refractivity contribution in [3.63, 3.8) is 0 Å². The van der Waals surface area contributed by atoms with Gasteiger partial charge in [0, 0.05) is 6.20 Å². The first-order chi connectivity index (χ1) is 17.2. The van der Waals surface area contributed by atoms with Gasteiger partial charge in [0.15, 0.2) is 5.76 Å². The van der Waals surface area contributed by atoms with E-state index in [-0.39, 0.29) is 17.5 Å². The van der Waals surface area contributed by atoms with Crippen molar-refractivity contribution in [3.8, 4) is 28.8 Å². The van der Waals surface area contributed by atoms with Crippen molar-refractivity contribution < 1.29 is 27.4 Å².